The third kappa shape index (κ3) is 15.9. The summed E-state index contributed by atoms with van der Waals surface area (Å²) < 4.78 is 46.4. The average Bonchev–Trinajstić information content (AvgIpc) is 3.33. The molecule has 0 spiro atoms. The Bertz CT molecular complexity index is 2200. The maximum atomic E-state index is 13.3. The van der Waals surface area contributed by atoms with Crippen molar-refractivity contribution < 1.29 is 47.9 Å². The molecule has 348 valence electrons. The lowest BCUT2D eigenvalue weighted by molar-refractivity contribution is -0.316. The number of benzene rings is 5. The van der Waals surface area contributed by atoms with Gasteiger partial charge in [0.25, 0.3) is 0 Å². The van der Waals surface area contributed by atoms with Gasteiger partial charge in [0.15, 0.2) is 6.29 Å². The quantitative estimate of drug-likeness (QED) is 0.0297. The van der Waals surface area contributed by atoms with Crippen LogP contribution in [0, 0.1) is 0 Å². The highest BCUT2D eigenvalue weighted by Crippen LogP contribution is 2.32. The Morgan fingerprint density at radius 2 is 1.12 bits per heavy atom. The lowest BCUT2D eigenvalue weighted by Crippen LogP contribution is -2.67. The topological polar surface area (TPSA) is 192 Å². The van der Waals surface area contributed by atoms with E-state index >= 15 is 0 Å². The number of aliphatic hydroxyl groups excluding tert-OH is 1. The van der Waals surface area contributed by atoms with E-state index in [0.717, 1.165) is 27.8 Å². The molecular weight excluding hydrogens is 843 g/mol. The van der Waals surface area contributed by atoms with Crippen LogP contribution in [0.25, 0.3) is 10.4 Å². The number of rotatable bonds is 26. The maximum Gasteiger partial charge on any atom is 0.217 e. The number of aliphatic hydroxyl groups is 1. The number of nitrogens with zero attached hydrogens (tertiary/aromatic N) is 3. The van der Waals surface area contributed by atoms with Gasteiger partial charge in [-0.2, -0.15) is 0 Å². The molecule has 1 aliphatic rings. The second-order valence-electron chi connectivity index (χ2n) is 15.9. The van der Waals surface area contributed by atoms with Crippen molar-refractivity contribution in [3.05, 3.63) is 190 Å². The monoisotopic (exact) mass is 901 g/mol. The molecular formula is C51H59N5O10. The summed E-state index contributed by atoms with van der Waals surface area (Å²) in [4.78, 5) is 29.1. The Morgan fingerprint density at radius 3 is 1.61 bits per heavy atom. The van der Waals surface area contributed by atoms with Gasteiger partial charge in [0.1, 0.15) is 42.7 Å². The van der Waals surface area contributed by atoms with Gasteiger partial charge in [-0.1, -0.05) is 157 Å². The van der Waals surface area contributed by atoms with E-state index in [0.29, 0.717) is 0 Å². The second kappa shape index (κ2) is 26.9. The summed E-state index contributed by atoms with van der Waals surface area (Å²) in [7, 11) is 0. The molecule has 0 radical (unpaired) electrons. The summed E-state index contributed by atoms with van der Waals surface area (Å²) in [5.74, 6) is -0.853. The molecule has 15 nitrogen and oxygen atoms in total. The molecule has 5 aromatic rings. The van der Waals surface area contributed by atoms with Gasteiger partial charge in [-0.15, -0.1) is 0 Å². The van der Waals surface area contributed by atoms with E-state index in [2.05, 4.69) is 20.7 Å². The van der Waals surface area contributed by atoms with E-state index in [-0.39, 0.29) is 52.8 Å². The van der Waals surface area contributed by atoms with Crippen LogP contribution < -0.4 is 10.6 Å². The van der Waals surface area contributed by atoms with Crippen LogP contribution in [0.3, 0.4) is 0 Å². The van der Waals surface area contributed by atoms with Crippen molar-refractivity contribution >= 4 is 11.8 Å². The fourth-order valence-corrected chi connectivity index (χ4v) is 7.67. The number of ether oxygens (including phenoxy) is 7. The minimum Gasteiger partial charge on any atom is -0.388 e. The molecule has 0 aromatic heterocycles. The van der Waals surface area contributed by atoms with Crippen molar-refractivity contribution in [1.82, 2.24) is 10.6 Å². The van der Waals surface area contributed by atoms with Crippen molar-refractivity contribution in [3.63, 3.8) is 0 Å². The first-order valence-corrected chi connectivity index (χ1v) is 22.0. The van der Waals surface area contributed by atoms with E-state index in [1.54, 1.807) is 0 Å². The zero-order chi connectivity index (χ0) is 46.4. The molecule has 1 fully saturated rings. The van der Waals surface area contributed by atoms with Crippen molar-refractivity contribution in [1.29, 1.82) is 0 Å². The average molecular weight is 902 g/mol. The van der Waals surface area contributed by atoms with Gasteiger partial charge in [0.2, 0.25) is 11.8 Å². The van der Waals surface area contributed by atoms with Crippen molar-refractivity contribution in [2.75, 3.05) is 19.8 Å². The fraction of sp³-hybridized carbons (Fsp3) is 0.373. The third-order valence-electron chi connectivity index (χ3n) is 10.8. The summed E-state index contributed by atoms with van der Waals surface area (Å²) in [5.41, 5.74) is 13.8. The summed E-state index contributed by atoms with van der Waals surface area (Å²) in [6.45, 7) is 2.96. The van der Waals surface area contributed by atoms with E-state index < -0.39 is 66.8 Å². The summed E-state index contributed by atoms with van der Waals surface area (Å²) >= 11 is 0. The maximum absolute atomic E-state index is 13.3. The fourth-order valence-electron chi connectivity index (χ4n) is 7.67. The van der Waals surface area contributed by atoms with Crippen molar-refractivity contribution in [3.8, 4) is 0 Å². The molecule has 0 bridgehead atoms. The number of azide groups is 1. The van der Waals surface area contributed by atoms with Crippen LogP contribution in [-0.4, -0.2) is 91.7 Å². The molecule has 0 unspecified atom stereocenters. The molecule has 3 N–H and O–H groups in total. The van der Waals surface area contributed by atoms with Gasteiger partial charge in [0, 0.05) is 25.3 Å². The Hall–Kier alpha value is -5.97. The molecule has 6 rings (SSSR count). The second-order valence-corrected chi connectivity index (χ2v) is 15.9. The van der Waals surface area contributed by atoms with Crippen LogP contribution in [0.5, 0.6) is 0 Å². The number of nitrogens with one attached hydrogen (secondary N) is 2. The normalized spacial score (nSPS) is 20.0. The SMILES string of the molecule is CC(=O)N[C@H]1[C@H](O[C@@H]([C@H](OCc2ccccc2)[C@H](CN=[N+]=[N-])NC(C)=O)[C@@H](O)COCc2ccccc2)O[C@H](COCc2ccccc2)[C@@H](OCc2ccccc2)[C@@H]1OCc1ccccc1. The molecule has 15 heteroatoms. The van der Waals surface area contributed by atoms with Gasteiger partial charge in [-0.25, -0.2) is 0 Å². The zero-order valence-electron chi connectivity index (χ0n) is 37.2. The molecule has 1 aliphatic heterocycles. The highest BCUT2D eigenvalue weighted by Gasteiger charge is 2.51. The zero-order valence-corrected chi connectivity index (χ0v) is 37.2. The third-order valence-corrected chi connectivity index (χ3v) is 10.8. The largest absolute Gasteiger partial charge is 0.388 e. The van der Waals surface area contributed by atoms with Gasteiger partial charge in [0.05, 0.1) is 52.3 Å². The van der Waals surface area contributed by atoms with E-state index in [1.165, 1.54) is 13.8 Å². The number of hydrogen-bond acceptors (Lipinski definition) is 11. The van der Waals surface area contributed by atoms with E-state index in [9.17, 15) is 20.2 Å². The number of amides is 2. The molecule has 5 aromatic carbocycles. The first-order chi connectivity index (χ1) is 32.3. The van der Waals surface area contributed by atoms with Crippen LogP contribution in [0.2, 0.25) is 0 Å². The van der Waals surface area contributed by atoms with Crippen LogP contribution in [0.15, 0.2) is 157 Å². The Labute approximate surface area is 385 Å². The van der Waals surface area contributed by atoms with Crippen LogP contribution in [0.1, 0.15) is 41.7 Å². The smallest absolute Gasteiger partial charge is 0.217 e. The highest BCUT2D eigenvalue weighted by atomic mass is 16.7. The van der Waals surface area contributed by atoms with Crippen LogP contribution in [0.4, 0.5) is 0 Å². The van der Waals surface area contributed by atoms with Gasteiger partial charge in [-0.3, -0.25) is 9.59 Å². The summed E-state index contributed by atoms with van der Waals surface area (Å²) in [6, 6.07) is 45.7. The van der Waals surface area contributed by atoms with Gasteiger partial charge < -0.3 is 48.9 Å². The molecule has 1 saturated heterocycles. The van der Waals surface area contributed by atoms with Crippen molar-refractivity contribution in [2.45, 2.75) is 102 Å². The lowest BCUT2D eigenvalue weighted by atomic mass is 9.95. The minimum absolute atomic E-state index is 0.0128. The standard InChI is InChI=1S/C51H59N5O10/c1-36(57)54-43(28-53-56-52)47(62-31-40-22-12-5-13-23-40)48(44(59)34-60-29-38-18-8-3-9-19-38)66-51-46(55-37(2)58)50(64-33-42-26-16-7-17-27-42)49(63-32-41-24-14-6-15-25-41)45(65-51)35-61-30-39-20-10-4-11-21-39/h3-27,43-51,59H,28-35H2,1-2H3,(H,54,57)(H,55,58)/t43-,44-,45+,46+,47+,48+,49+,50+,51-/m0/s1. The molecule has 9 atom stereocenters. The van der Waals surface area contributed by atoms with E-state index in [4.69, 9.17) is 33.2 Å². The number of carbonyl (C=O) groups excluding carboxylic acids is 2. The summed E-state index contributed by atoms with van der Waals surface area (Å²) in [5, 5.41) is 22.0. The van der Waals surface area contributed by atoms with Gasteiger partial charge >= 0.3 is 0 Å². The Morgan fingerprint density at radius 1 is 0.652 bits per heavy atom. The Kier molecular flexibility index (Phi) is 20.1. The predicted molar refractivity (Wildman–Crippen MR) is 246 cm³/mol. The van der Waals surface area contributed by atoms with Crippen LogP contribution in [-0.2, 0) is 75.8 Å². The molecule has 1 heterocycles. The van der Waals surface area contributed by atoms with Gasteiger partial charge in [-0.05, 0) is 33.3 Å². The molecule has 0 aliphatic carbocycles. The minimum atomic E-state index is -1.44. The number of carbonyl (C=O) groups is 2. The predicted octanol–water partition coefficient (Wildman–Crippen LogP) is 6.97. The van der Waals surface area contributed by atoms with E-state index in [1.807, 2.05) is 152 Å². The first kappa shape index (κ1) is 49.5. The molecule has 0 saturated carbocycles. The highest BCUT2D eigenvalue weighted by molar-refractivity contribution is 5.73. The number of hydrogen-bond donors (Lipinski definition) is 3. The molecule has 66 heavy (non-hydrogen) atoms. The lowest BCUT2D eigenvalue weighted by Gasteiger charge is -2.48. The van der Waals surface area contributed by atoms with Crippen molar-refractivity contribution in [2.24, 2.45) is 5.11 Å². The summed E-state index contributed by atoms with van der Waals surface area (Å²) in [6.07, 6.45) is -7.97. The Balaban J connectivity index is 1.41. The molecule has 2 amide bonds. The van der Waals surface area contributed by atoms with Crippen LogP contribution >= 0.6 is 0 Å². The first-order valence-electron chi connectivity index (χ1n) is 22.0.